The first-order valence-corrected chi connectivity index (χ1v) is 19.8. The fraction of sp³-hybridized carbons (Fsp3) is 0.0408. The summed E-state index contributed by atoms with van der Waals surface area (Å²) in [5.41, 5.74) is 8.65. The molecule has 0 N–H and O–H groups in total. The van der Waals surface area contributed by atoms with Crippen molar-refractivity contribution in [3.05, 3.63) is 170 Å². The molecule has 2 heterocycles. The molecule has 10 aromatic rings. The number of aromatic nitrogens is 2. The highest BCUT2D eigenvalue weighted by Gasteiger charge is 2.33. The molecule has 1 aliphatic heterocycles. The van der Waals surface area contributed by atoms with Gasteiger partial charge in [-0.25, -0.2) is 13.4 Å². The molecule has 0 saturated heterocycles. The molecule has 0 amide bonds. The van der Waals surface area contributed by atoms with Crippen molar-refractivity contribution in [2.45, 2.75) is 23.1 Å². The number of sulfone groups is 1. The molecule has 0 saturated carbocycles. The van der Waals surface area contributed by atoms with Gasteiger partial charge in [-0.05, 0) is 119 Å². The predicted octanol–water partition coefficient (Wildman–Crippen LogP) is 12.3. The van der Waals surface area contributed by atoms with E-state index in [9.17, 15) is 8.42 Å². The number of fused-ring (bicyclic) bond motifs is 6. The van der Waals surface area contributed by atoms with Crippen LogP contribution in [0.2, 0.25) is 0 Å². The van der Waals surface area contributed by atoms with E-state index in [1.165, 1.54) is 49.0 Å². The molecule has 1 aromatic heterocycles. The maximum absolute atomic E-state index is 14.0. The van der Waals surface area contributed by atoms with Crippen molar-refractivity contribution in [2.24, 2.45) is 0 Å². The van der Waals surface area contributed by atoms with E-state index in [4.69, 9.17) is 4.98 Å². The quantitative estimate of drug-likeness (QED) is 0.171. The summed E-state index contributed by atoms with van der Waals surface area (Å²) in [7, 11) is -3.73. The van der Waals surface area contributed by atoms with E-state index in [1.807, 2.05) is 18.2 Å². The molecule has 9 aromatic carbocycles. The second-order valence-corrected chi connectivity index (χ2v) is 16.1. The zero-order valence-electron chi connectivity index (χ0n) is 29.4. The van der Waals surface area contributed by atoms with Gasteiger partial charge >= 0.3 is 0 Å². The first-order chi connectivity index (χ1) is 26.5. The zero-order chi connectivity index (χ0) is 36.1. The number of rotatable bonds is 4. The van der Waals surface area contributed by atoms with Gasteiger partial charge in [-0.15, -0.1) is 0 Å². The lowest BCUT2D eigenvalue weighted by Crippen LogP contribution is -2.15. The number of para-hydroxylation sites is 1. The van der Waals surface area contributed by atoms with Gasteiger partial charge in [0.15, 0.2) is 0 Å². The van der Waals surface area contributed by atoms with Crippen LogP contribution in [0.25, 0.3) is 93.2 Å². The maximum Gasteiger partial charge on any atom is 0.210 e. The minimum atomic E-state index is -3.73. The largest absolute Gasteiger partial charge is 0.294 e. The van der Waals surface area contributed by atoms with Crippen molar-refractivity contribution in [3.8, 4) is 39.1 Å². The summed E-state index contributed by atoms with van der Waals surface area (Å²) >= 11 is 0. The van der Waals surface area contributed by atoms with Crippen LogP contribution in [-0.4, -0.2) is 18.0 Å². The Bertz CT molecular complexity index is 3340. The van der Waals surface area contributed by atoms with E-state index >= 15 is 0 Å². The van der Waals surface area contributed by atoms with Crippen LogP contribution in [0.15, 0.2) is 174 Å². The van der Waals surface area contributed by atoms with Gasteiger partial charge in [0, 0.05) is 6.42 Å². The standard InChI is InChI=1S/C49H32N2O2S/c1-2-46-50-42-16-9-17-45-49(42)51(46)43-29-35(23-25-44(43)54(45,52)53)34-22-24-40-41(28-34)48(37-21-19-31-11-4-6-13-33(31)27-37)39-15-8-7-14-38(39)47(40)36-20-18-30-10-3-5-12-32(30)26-36/h3-29H,2H2,1H3. The van der Waals surface area contributed by atoms with Crippen LogP contribution in [0, 0.1) is 0 Å². The Kier molecular flexibility index (Phi) is 6.59. The molecule has 0 atom stereocenters. The Morgan fingerprint density at radius 1 is 0.481 bits per heavy atom. The van der Waals surface area contributed by atoms with Crippen molar-refractivity contribution in [2.75, 3.05) is 0 Å². The highest BCUT2D eigenvalue weighted by atomic mass is 32.2. The van der Waals surface area contributed by atoms with E-state index in [1.54, 1.807) is 18.2 Å². The van der Waals surface area contributed by atoms with Crippen LogP contribution >= 0.6 is 0 Å². The molecule has 0 unspecified atom stereocenters. The van der Waals surface area contributed by atoms with Gasteiger partial charge in [-0.3, -0.25) is 4.57 Å². The summed E-state index contributed by atoms with van der Waals surface area (Å²) in [6, 6.07) is 57.2. The molecule has 54 heavy (non-hydrogen) atoms. The highest BCUT2D eigenvalue weighted by molar-refractivity contribution is 7.92. The maximum atomic E-state index is 14.0. The first kappa shape index (κ1) is 31.0. The molecular formula is C49H32N2O2S. The van der Waals surface area contributed by atoms with Crippen molar-refractivity contribution >= 4 is 64.0 Å². The number of nitrogens with zero attached hydrogens (tertiary/aromatic N) is 2. The molecule has 0 spiro atoms. The summed E-state index contributed by atoms with van der Waals surface area (Å²) in [4.78, 5) is 5.48. The third-order valence-electron chi connectivity index (χ3n) is 11.2. The average molecular weight is 713 g/mol. The van der Waals surface area contributed by atoms with Gasteiger partial charge in [0.05, 0.1) is 26.5 Å². The molecule has 0 fully saturated rings. The van der Waals surface area contributed by atoms with E-state index in [2.05, 4.69) is 139 Å². The Morgan fingerprint density at radius 3 is 1.70 bits per heavy atom. The number of benzene rings is 9. The van der Waals surface area contributed by atoms with Gasteiger partial charge < -0.3 is 0 Å². The molecule has 4 nitrogen and oxygen atoms in total. The van der Waals surface area contributed by atoms with Crippen molar-refractivity contribution in [3.63, 3.8) is 0 Å². The minimum absolute atomic E-state index is 0.307. The predicted molar refractivity (Wildman–Crippen MR) is 222 cm³/mol. The molecule has 0 bridgehead atoms. The fourth-order valence-electron chi connectivity index (χ4n) is 8.74. The van der Waals surface area contributed by atoms with Crippen LogP contribution in [0.4, 0.5) is 0 Å². The van der Waals surface area contributed by atoms with Gasteiger partial charge in [0.25, 0.3) is 0 Å². The van der Waals surface area contributed by atoms with Gasteiger partial charge in [0.2, 0.25) is 9.84 Å². The summed E-state index contributed by atoms with van der Waals surface area (Å²) in [5, 5.41) is 9.49. The Labute approximate surface area is 312 Å². The number of hydrogen-bond donors (Lipinski definition) is 0. The van der Waals surface area contributed by atoms with E-state index in [0.717, 1.165) is 33.3 Å². The Balaban J connectivity index is 1.21. The molecule has 11 rings (SSSR count). The average Bonchev–Trinajstić information content (AvgIpc) is 3.60. The molecule has 5 heteroatoms. The zero-order valence-corrected chi connectivity index (χ0v) is 30.2. The lowest BCUT2D eigenvalue weighted by atomic mass is 9.84. The molecule has 0 aliphatic carbocycles. The summed E-state index contributed by atoms with van der Waals surface area (Å²) in [6.07, 6.45) is 0.674. The minimum Gasteiger partial charge on any atom is -0.294 e. The number of imidazole rings is 1. The topological polar surface area (TPSA) is 52.0 Å². The molecule has 1 aliphatic rings. The van der Waals surface area contributed by atoms with Gasteiger partial charge in [-0.2, -0.15) is 0 Å². The lowest BCUT2D eigenvalue weighted by molar-refractivity contribution is 0.594. The monoisotopic (exact) mass is 712 g/mol. The van der Waals surface area contributed by atoms with Crippen LogP contribution in [-0.2, 0) is 16.3 Å². The van der Waals surface area contributed by atoms with Gasteiger partial charge in [0.1, 0.15) is 5.82 Å². The summed E-state index contributed by atoms with van der Waals surface area (Å²) in [5.74, 6) is 0.842. The van der Waals surface area contributed by atoms with Gasteiger partial charge in [-0.1, -0.05) is 128 Å². The highest BCUT2D eigenvalue weighted by Crippen LogP contribution is 2.47. The van der Waals surface area contributed by atoms with E-state index < -0.39 is 9.84 Å². The first-order valence-electron chi connectivity index (χ1n) is 18.3. The second kappa shape index (κ2) is 11.5. The Hall–Kier alpha value is -6.56. The smallest absolute Gasteiger partial charge is 0.210 e. The van der Waals surface area contributed by atoms with Crippen LogP contribution in [0.1, 0.15) is 12.7 Å². The van der Waals surface area contributed by atoms with E-state index in [0.29, 0.717) is 32.9 Å². The summed E-state index contributed by atoms with van der Waals surface area (Å²) < 4.78 is 30.1. The lowest BCUT2D eigenvalue weighted by Gasteiger charge is -2.22. The molecule has 256 valence electrons. The van der Waals surface area contributed by atoms with Crippen molar-refractivity contribution < 1.29 is 8.42 Å². The van der Waals surface area contributed by atoms with Crippen LogP contribution in [0.5, 0.6) is 0 Å². The normalized spacial score (nSPS) is 13.3. The molecule has 0 radical (unpaired) electrons. The molecular weight excluding hydrogens is 681 g/mol. The third-order valence-corrected chi connectivity index (χ3v) is 13.1. The van der Waals surface area contributed by atoms with Crippen molar-refractivity contribution in [1.82, 2.24) is 9.55 Å². The Morgan fingerprint density at radius 2 is 1.04 bits per heavy atom. The SMILES string of the molecule is CCc1nc2cccc3c2n1-c1cc(-c2ccc4c(-c5ccc6ccccc6c5)c5ccccc5c(-c5ccc6ccccc6c5)c4c2)ccc1S3(=O)=O. The van der Waals surface area contributed by atoms with E-state index in [-0.39, 0.29) is 0 Å². The summed E-state index contributed by atoms with van der Waals surface area (Å²) in [6.45, 7) is 2.06. The second-order valence-electron chi connectivity index (χ2n) is 14.2. The number of aryl methyl sites for hydroxylation is 1. The van der Waals surface area contributed by atoms with Crippen LogP contribution in [0.3, 0.4) is 0 Å². The van der Waals surface area contributed by atoms with Crippen molar-refractivity contribution in [1.29, 1.82) is 0 Å². The number of hydrogen-bond acceptors (Lipinski definition) is 3. The van der Waals surface area contributed by atoms with Crippen LogP contribution < -0.4 is 0 Å². The fourth-order valence-corrected chi connectivity index (χ4v) is 10.4. The third kappa shape index (κ3) is 4.42.